The highest BCUT2D eigenvalue weighted by Crippen LogP contribution is 2.11. The molecule has 0 aromatic heterocycles. The van der Waals surface area contributed by atoms with Gasteiger partial charge in [-0.05, 0) is 122 Å². The van der Waals surface area contributed by atoms with E-state index in [1.165, 1.54) is 32.1 Å². The minimum absolute atomic E-state index is 0.128. The molecule has 0 amide bonds. The van der Waals surface area contributed by atoms with E-state index in [4.69, 9.17) is 14.2 Å². The molecule has 0 saturated carbocycles. The number of hydrogen-bond acceptors (Lipinski definition) is 6. The summed E-state index contributed by atoms with van der Waals surface area (Å²) >= 11 is 0. The van der Waals surface area contributed by atoms with Gasteiger partial charge >= 0.3 is 17.9 Å². The number of ether oxygens (including phenoxy) is 3. The molecule has 0 aliphatic heterocycles. The van der Waals surface area contributed by atoms with E-state index in [0.717, 1.165) is 122 Å². The Hall–Kier alpha value is -4.45. The van der Waals surface area contributed by atoms with E-state index in [-0.39, 0.29) is 31.6 Å². The SMILES string of the molecule is CC/C=C\C/C=C\C/C=C\C/C=C\C/C=C\CCCCCC(=O)OCC(COC(=O)CCCCCCC/C=C\CCCCC)OC(=O)CC/C=C\C/C=C\C/C=C\C/C=C\C/C=C\CC. The summed E-state index contributed by atoms with van der Waals surface area (Å²) in [4.78, 5) is 37.9. The number of esters is 3. The quantitative estimate of drug-likeness (QED) is 0.0262. The molecule has 0 bridgehead atoms. The highest BCUT2D eigenvalue weighted by atomic mass is 16.6. The van der Waals surface area contributed by atoms with E-state index in [1.807, 2.05) is 12.2 Å². The summed E-state index contributed by atoms with van der Waals surface area (Å²) in [6.07, 6.45) is 73.0. The fraction of sp³-hybridized carbons (Fsp3) is 0.576. The van der Waals surface area contributed by atoms with Gasteiger partial charge in [-0.1, -0.05) is 193 Å². The highest BCUT2D eigenvalue weighted by Gasteiger charge is 2.19. The van der Waals surface area contributed by atoms with E-state index in [1.54, 1.807) is 0 Å². The van der Waals surface area contributed by atoms with Crippen LogP contribution < -0.4 is 0 Å². The van der Waals surface area contributed by atoms with Crippen LogP contribution in [0.1, 0.15) is 201 Å². The zero-order chi connectivity index (χ0) is 47.2. The third kappa shape index (κ3) is 50.4. The number of unbranched alkanes of at least 4 members (excludes halogenated alkanes) is 11. The summed E-state index contributed by atoms with van der Waals surface area (Å²) in [5, 5.41) is 0. The predicted octanol–water partition coefficient (Wildman–Crippen LogP) is 17.1. The van der Waals surface area contributed by atoms with Gasteiger partial charge in [0.05, 0.1) is 0 Å². The Kier molecular flexibility index (Phi) is 48.6. The van der Waals surface area contributed by atoms with Crippen molar-refractivity contribution in [2.45, 2.75) is 207 Å². The van der Waals surface area contributed by atoms with Gasteiger partial charge in [0.1, 0.15) is 13.2 Å². The van der Waals surface area contributed by atoms with Crippen LogP contribution in [0, 0.1) is 0 Å². The lowest BCUT2D eigenvalue weighted by Gasteiger charge is -2.18. The first kappa shape index (κ1) is 60.5. The fourth-order valence-corrected chi connectivity index (χ4v) is 6.33. The number of carbonyl (C=O) groups excluding carboxylic acids is 3. The van der Waals surface area contributed by atoms with Gasteiger partial charge in [-0.25, -0.2) is 0 Å². The zero-order valence-corrected chi connectivity index (χ0v) is 41.4. The smallest absolute Gasteiger partial charge is 0.306 e. The monoisotopic (exact) mass is 897 g/mol. The number of rotatable bonds is 44. The average molecular weight is 897 g/mol. The molecule has 0 N–H and O–H groups in total. The maximum absolute atomic E-state index is 12.8. The molecule has 0 rings (SSSR count). The number of carbonyl (C=O) groups is 3. The van der Waals surface area contributed by atoms with Crippen molar-refractivity contribution in [3.05, 3.63) is 134 Å². The van der Waals surface area contributed by atoms with E-state index in [9.17, 15) is 14.4 Å². The highest BCUT2D eigenvalue weighted by molar-refractivity contribution is 5.71. The second-order valence-electron chi connectivity index (χ2n) is 16.3. The largest absolute Gasteiger partial charge is 0.462 e. The van der Waals surface area contributed by atoms with Gasteiger partial charge < -0.3 is 14.2 Å². The molecular weight excluding hydrogens is 805 g/mol. The van der Waals surface area contributed by atoms with Crippen molar-refractivity contribution < 1.29 is 28.6 Å². The zero-order valence-electron chi connectivity index (χ0n) is 41.4. The molecule has 0 aliphatic carbocycles. The first-order valence-electron chi connectivity index (χ1n) is 25.7. The minimum Gasteiger partial charge on any atom is -0.462 e. The van der Waals surface area contributed by atoms with Gasteiger partial charge in [0, 0.05) is 19.3 Å². The lowest BCUT2D eigenvalue weighted by molar-refractivity contribution is -0.166. The minimum atomic E-state index is -0.839. The van der Waals surface area contributed by atoms with E-state index >= 15 is 0 Å². The third-order valence-electron chi connectivity index (χ3n) is 10.1. The first-order valence-corrected chi connectivity index (χ1v) is 25.7. The third-order valence-corrected chi connectivity index (χ3v) is 10.1. The fourth-order valence-electron chi connectivity index (χ4n) is 6.33. The molecule has 0 heterocycles. The maximum atomic E-state index is 12.8. The van der Waals surface area contributed by atoms with Gasteiger partial charge in [0.25, 0.3) is 0 Å². The van der Waals surface area contributed by atoms with Gasteiger partial charge in [-0.2, -0.15) is 0 Å². The van der Waals surface area contributed by atoms with Crippen LogP contribution in [0.3, 0.4) is 0 Å². The summed E-state index contributed by atoms with van der Waals surface area (Å²) in [5.74, 6) is -1.06. The summed E-state index contributed by atoms with van der Waals surface area (Å²) in [7, 11) is 0. The standard InChI is InChI=1S/C59H92O6/c1-4-7-10-13-16-19-22-25-27-29-30-31-33-34-37-40-43-46-49-52-58(61)64-55-56(54-63-57(60)51-48-45-42-39-36-24-21-18-15-12-9-6-3)65-59(62)53-50-47-44-41-38-35-32-28-26-23-20-17-14-11-8-5-2/h7-8,10-11,16-21,25-28,30-31,34-35,37-38,44,47,56H,4-6,9,12-15,22-24,29,32-33,36,39-43,45-46,48-55H2,1-3H3/b10-7-,11-8-,19-16-,20-17-,21-18-,27-25-,28-26-,31-30-,37-34-,38-35-,47-44-. The molecule has 1 unspecified atom stereocenters. The molecule has 0 radical (unpaired) electrons. The normalized spacial score (nSPS) is 13.2. The van der Waals surface area contributed by atoms with Crippen LogP contribution in [0.15, 0.2) is 134 Å². The van der Waals surface area contributed by atoms with Crippen LogP contribution in [0.4, 0.5) is 0 Å². The lowest BCUT2D eigenvalue weighted by atomic mass is 10.1. The van der Waals surface area contributed by atoms with Crippen LogP contribution in [0.5, 0.6) is 0 Å². The average Bonchev–Trinajstić information content (AvgIpc) is 3.30. The molecule has 0 aromatic carbocycles. The lowest BCUT2D eigenvalue weighted by Crippen LogP contribution is -2.30. The molecule has 6 heteroatoms. The molecule has 0 saturated heterocycles. The molecule has 0 aromatic rings. The van der Waals surface area contributed by atoms with Crippen LogP contribution in [-0.2, 0) is 28.6 Å². The second kappa shape index (κ2) is 52.2. The predicted molar refractivity (Wildman–Crippen MR) is 279 cm³/mol. The number of allylic oxidation sites excluding steroid dienone is 22. The van der Waals surface area contributed by atoms with E-state index in [2.05, 4.69) is 142 Å². The van der Waals surface area contributed by atoms with Crippen LogP contribution in [-0.4, -0.2) is 37.2 Å². The maximum Gasteiger partial charge on any atom is 0.306 e. The Morgan fingerprint density at radius 1 is 0.323 bits per heavy atom. The van der Waals surface area contributed by atoms with Gasteiger partial charge in [0.2, 0.25) is 0 Å². The Morgan fingerprint density at radius 3 is 1.03 bits per heavy atom. The van der Waals surface area contributed by atoms with Gasteiger partial charge in [-0.15, -0.1) is 0 Å². The molecule has 0 aliphatic rings. The summed E-state index contributed by atoms with van der Waals surface area (Å²) in [6, 6.07) is 0. The Balaban J connectivity index is 4.58. The van der Waals surface area contributed by atoms with Crippen molar-refractivity contribution in [2.75, 3.05) is 13.2 Å². The van der Waals surface area contributed by atoms with Crippen molar-refractivity contribution in [3.8, 4) is 0 Å². The number of hydrogen-bond donors (Lipinski definition) is 0. The molecule has 65 heavy (non-hydrogen) atoms. The summed E-state index contributed by atoms with van der Waals surface area (Å²) < 4.78 is 16.7. The Bertz CT molecular complexity index is 1450. The second-order valence-corrected chi connectivity index (χ2v) is 16.3. The molecule has 0 spiro atoms. The van der Waals surface area contributed by atoms with Gasteiger partial charge in [-0.3, -0.25) is 14.4 Å². The Labute approximate surface area is 398 Å². The summed E-state index contributed by atoms with van der Waals surface area (Å²) in [5.41, 5.74) is 0. The first-order chi connectivity index (χ1) is 32.0. The van der Waals surface area contributed by atoms with Crippen molar-refractivity contribution in [3.63, 3.8) is 0 Å². The van der Waals surface area contributed by atoms with Crippen LogP contribution >= 0.6 is 0 Å². The van der Waals surface area contributed by atoms with Crippen molar-refractivity contribution >= 4 is 17.9 Å². The van der Waals surface area contributed by atoms with Crippen LogP contribution in [0.25, 0.3) is 0 Å². The topological polar surface area (TPSA) is 78.9 Å². The van der Waals surface area contributed by atoms with Crippen LogP contribution in [0.2, 0.25) is 0 Å². The molecule has 1 atom stereocenters. The molecular formula is C59H92O6. The van der Waals surface area contributed by atoms with E-state index in [0.29, 0.717) is 19.3 Å². The van der Waals surface area contributed by atoms with Crippen molar-refractivity contribution in [1.29, 1.82) is 0 Å². The van der Waals surface area contributed by atoms with Gasteiger partial charge in [0.15, 0.2) is 6.10 Å². The van der Waals surface area contributed by atoms with Crippen molar-refractivity contribution in [1.82, 2.24) is 0 Å². The van der Waals surface area contributed by atoms with Crippen molar-refractivity contribution in [2.24, 2.45) is 0 Å². The Morgan fingerprint density at radius 2 is 0.631 bits per heavy atom. The molecule has 0 fully saturated rings. The molecule has 364 valence electrons. The molecule has 6 nitrogen and oxygen atoms in total. The van der Waals surface area contributed by atoms with E-state index < -0.39 is 12.1 Å². The summed E-state index contributed by atoms with van der Waals surface area (Å²) in [6.45, 7) is 6.26.